The zero-order valence-electron chi connectivity index (χ0n) is 39.3. The molecular formula is C55H111. The molecule has 0 bridgehead atoms. The molecule has 0 aliphatic heterocycles. The van der Waals surface area contributed by atoms with Gasteiger partial charge in [0, 0.05) is 0 Å². The van der Waals surface area contributed by atoms with Gasteiger partial charge in [0.05, 0.1) is 0 Å². The quantitative estimate of drug-likeness (QED) is 0.0540. The van der Waals surface area contributed by atoms with Crippen molar-refractivity contribution in [2.75, 3.05) is 0 Å². The molecule has 1 atom stereocenters. The second-order valence-electron chi connectivity index (χ2n) is 19.0. The van der Waals surface area contributed by atoms with Gasteiger partial charge in [-0.1, -0.05) is 348 Å². The predicted octanol–water partition coefficient (Wildman–Crippen LogP) is 21.4. The van der Waals surface area contributed by atoms with E-state index in [0.717, 1.165) is 12.3 Å². The maximum Gasteiger partial charge on any atom is -0.0414 e. The van der Waals surface area contributed by atoms with E-state index in [0.29, 0.717) is 0 Å². The normalized spacial score (nSPS) is 12.3. The van der Waals surface area contributed by atoms with Gasteiger partial charge in [-0.2, -0.15) is 0 Å². The monoisotopic (exact) mass is 772 g/mol. The van der Waals surface area contributed by atoms with Crippen molar-refractivity contribution in [3.8, 4) is 0 Å². The molecule has 0 nitrogen and oxygen atoms in total. The molecule has 0 aromatic heterocycles. The minimum absolute atomic E-state index is 0.965. The van der Waals surface area contributed by atoms with Gasteiger partial charge in [-0.25, -0.2) is 0 Å². The van der Waals surface area contributed by atoms with E-state index in [2.05, 4.69) is 20.8 Å². The van der Waals surface area contributed by atoms with E-state index in [1.807, 2.05) is 0 Å². The van der Waals surface area contributed by atoms with Crippen molar-refractivity contribution in [3.63, 3.8) is 0 Å². The first kappa shape index (κ1) is 55.0. The van der Waals surface area contributed by atoms with Crippen LogP contribution in [0.1, 0.15) is 341 Å². The lowest BCUT2D eigenvalue weighted by Crippen LogP contribution is -2.00. The Morgan fingerprint density at radius 1 is 0.200 bits per heavy atom. The summed E-state index contributed by atoms with van der Waals surface area (Å²) in [7, 11) is 0. The van der Waals surface area contributed by atoms with Gasteiger partial charge in [-0.3, -0.25) is 0 Å². The van der Waals surface area contributed by atoms with Crippen molar-refractivity contribution in [1.82, 2.24) is 0 Å². The van der Waals surface area contributed by atoms with Gasteiger partial charge in [0.2, 0.25) is 0 Å². The summed E-state index contributed by atoms with van der Waals surface area (Å²) in [5.41, 5.74) is 0. The van der Waals surface area contributed by atoms with E-state index in [9.17, 15) is 0 Å². The molecule has 0 amide bonds. The van der Waals surface area contributed by atoms with Gasteiger partial charge in [0.25, 0.3) is 0 Å². The predicted molar refractivity (Wildman–Crippen MR) is 256 cm³/mol. The van der Waals surface area contributed by atoms with Crippen molar-refractivity contribution in [3.05, 3.63) is 6.92 Å². The molecule has 1 unspecified atom stereocenters. The van der Waals surface area contributed by atoms with Crippen LogP contribution >= 0.6 is 0 Å². The van der Waals surface area contributed by atoms with Crippen LogP contribution < -0.4 is 0 Å². The molecule has 0 aromatic rings. The molecule has 0 heterocycles. The van der Waals surface area contributed by atoms with Crippen LogP contribution in [0, 0.1) is 12.8 Å². The van der Waals surface area contributed by atoms with Crippen LogP contribution in [0.4, 0.5) is 0 Å². The lowest BCUT2D eigenvalue weighted by atomic mass is 9.90. The summed E-state index contributed by atoms with van der Waals surface area (Å²) in [6, 6.07) is 0. The number of hydrogen-bond acceptors (Lipinski definition) is 0. The molecule has 0 rings (SSSR count). The van der Waals surface area contributed by atoms with Gasteiger partial charge in [0.1, 0.15) is 0 Å². The Kier molecular flexibility index (Phi) is 52.0. The number of rotatable bonds is 51. The highest BCUT2D eigenvalue weighted by Crippen LogP contribution is 2.24. The molecular weight excluding hydrogens is 661 g/mol. The first-order valence-electron chi connectivity index (χ1n) is 27.1. The summed E-state index contributed by atoms with van der Waals surface area (Å²) < 4.78 is 0. The van der Waals surface area contributed by atoms with E-state index < -0.39 is 0 Å². The van der Waals surface area contributed by atoms with E-state index in [-0.39, 0.29) is 0 Å². The molecule has 0 N–H and O–H groups in total. The molecule has 0 saturated heterocycles. The highest BCUT2D eigenvalue weighted by Gasteiger charge is 2.08. The van der Waals surface area contributed by atoms with Crippen molar-refractivity contribution >= 4 is 0 Å². The van der Waals surface area contributed by atoms with Crippen molar-refractivity contribution in [2.24, 2.45) is 5.92 Å². The zero-order valence-corrected chi connectivity index (χ0v) is 39.3. The Hall–Kier alpha value is 0. The maximum absolute atomic E-state index is 4.21. The summed E-state index contributed by atoms with van der Waals surface area (Å²) in [5.74, 6) is 0.965. The average Bonchev–Trinajstić information content (AvgIpc) is 3.19. The maximum atomic E-state index is 4.21. The van der Waals surface area contributed by atoms with Crippen LogP contribution in [-0.2, 0) is 0 Å². The smallest absolute Gasteiger partial charge is 0.0414 e. The molecule has 0 spiro atoms. The van der Waals surface area contributed by atoms with Crippen molar-refractivity contribution < 1.29 is 0 Å². The molecule has 0 aliphatic carbocycles. The standard InChI is InChI=1S/C55H111/c1-4-7-9-11-13-15-17-19-21-23-25-27-29-30-31-33-35-37-39-41-43-45-47-49-51-54-55(52-6-3)53-50-48-46-44-42-40-38-36-34-32-28-26-24-22-20-18-16-14-12-10-8-5-2/h55H,3-54H2,1-2H3. The Balaban J connectivity index is 3.30. The minimum atomic E-state index is 0.965. The molecule has 55 heavy (non-hydrogen) atoms. The van der Waals surface area contributed by atoms with Gasteiger partial charge in [-0.15, -0.1) is 0 Å². The average molecular weight is 772 g/mol. The highest BCUT2D eigenvalue weighted by molar-refractivity contribution is 4.63. The highest BCUT2D eigenvalue weighted by atomic mass is 14.1. The summed E-state index contributed by atoms with van der Waals surface area (Å²) >= 11 is 0. The van der Waals surface area contributed by atoms with E-state index in [1.54, 1.807) is 0 Å². The van der Waals surface area contributed by atoms with Crippen LogP contribution in [-0.4, -0.2) is 0 Å². The van der Waals surface area contributed by atoms with Crippen molar-refractivity contribution in [1.29, 1.82) is 0 Å². The molecule has 0 heteroatoms. The third kappa shape index (κ3) is 50.1. The molecule has 0 aromatic carbocycles. The summed E-state index contributed by atoms with van der Waals surface area (Å²) in [6.07, 6.45) is 75.0. The molecule has 1 radical (unpaired) electrons. The Bertz CT molecular complexity index is 622. The Morgan fingerprint density at radius 2 is 0.345 bits per heavy atom. The summed E-state index contributed by atoms with van der Waals surface area (Å²) in [5, 5.41) is 0. The Morgan fingerprint density at radius 3 is 0.491 bits per heavy atom. The first-order valence-corrected chi connectivity index (χ1v) is 27.1. The van der Waals surface area contributed by atoms with Gasteiger partial charge in [-0.05, 0) is 5.92 Å². The topological polar surface area (TPSA) is 0 Å². The van der Waals surface area contributed by atoms with Gasteiger partial charge < -0.3 is 0 Å². The van der Waals surface area contributed by atoms with Crippen LogP contribution in [0.15, 0.2) is 0 Å². The van der Waals surface area contributed by atoms with E-state index in [1.165, 1.54) is 321 Å². The zero-order chi connectivity index (χ0) is 39.6. The fourth-order valence-electron chi connectivity index (χ4n) is 9.34. The third-order valence-corrected chi connectivity index (χ3v) is 13.3. The molecule has 0 fully saturated rings. The fraction of sp³-hybridized carbons (Fsp3) is 0.982. The lowest BCUT2D eigenvalue weighted by molar-refractivity contribution is 0.381. The fourth-order valence-corrected chi connectivity index (χ4v) is 9.34. The summed E-state index contributed by atoms with van der Waals surface area (Å²) in [4.78, 5) is 0. The number of unbranched alkanes of at least 4 members (excludes halogenated alkanes) is 45. The minimum Gasteiger partial charge on any atom is -0.0654 e. The van der Waals surface area contributed by atoms with Crippen LogP contribution in [0.2, 0.25) is 0 Å². The van der Waals surface area contributed by atoms with Gasteiger partial charge in [0.15, 0.2) is 0 Å². The number of hydrogen-bond donors (Lipinski definition) is 0. The van der Waals surface area contributed by atoms with Crippen LogP contribution in [0.25, 0.3) is 0 Å². The van der Waals surface area contributed by atoms with Gasteiger partial charge >= 0.3 is 0 Å². The second kappa shape index (κ2) is 52.0. The SMILES string of the molecule is [CH2]CCC(CCCCCCCCCCCCCCCCCCCCCCCC)CCCCCCCCCCCCCCCCCCCCCCCCCCC. The third-order valence-electron chi connectivity index (χ3n) is 13.3. The summed E-state index contributed by atoms with van der Waals surface area (Å²) in [6.45, 7) is 8.83. The van der Waals surface area contributed by atoms with Crippen LogP contribution in [0.5, 0.6) is 0 Å². The van der Waals surface area contributed by atoms with Crippen molar-refractivity contribution in [2.45, 2.75) is 341 Å². The second-order valence-corrected chi connectivity index (χ2v) is 19.0. The first-order chi connectivity index (χ1) is 27.3. The van der Waals surface area contributed by atoms with E-state index >= 15 is 0 Å². The van der Waals surface area contributed by atoms with Crippen LogP contribution in [0.3, 0.4) is 0 Å². The lowest BCUT2D eigenvalue weighted by Gasteiger charge is -2.16. The Labute approximate surface area is 352 Å². The van der Waals surface area contributed by atoms with E-state index in [4.69, 9.17) is 0 Å². The molecule has 331 valence electrons. The molecule has 0 saturated carbocycles. The largest absolute Gasteiger partial charge is 0.0654 e. The molecule has 0 aliphatic rings.